The minimum absolute atomic E-state index is 0.0605. The second-order valence-corrected chi connectivity index (χ2v) is 5.29. The van der Waals surface area contributed by atoms with E-state index in [4.69, 9.17) is 5.73 Å². The predicted octanol–water partition coefficient (Wildman–Crippen LogP) is 0.589. The number of amides is 1. The fourth-order valence-electron chi connectivity index (χ4n) is 1.93. The number of nitrogens with two attached hydrogens (primary N) is 1. The molecule has 4 nitrogen and oxygen atoms in total. The van der Waals surface area contributed by atoms with Crippen LogP contribution in [0.5, 0.6) is 0 Å². The molecular formula is C12H24N2O2. The molecule has 1 saturated heterocycles. The largest absolute Gasteiger partial charge is 0.393 e. The number of rotatable bonds is 3. The molecule has 0 saturated carbocycles. The van der Waals surface area contributed by atoms with Crippen molar-refractivity contribution in [2.75, 3.05) is 13.1 Å². The van der Waals surface area contributed by atoms with Gasteiger partial charge in [-0.25, -0.2) is 0 Å². The van der Waals surface area contributed by atoms with Crippen molar-refractivity contribution in [3.8, 4) is 0 Å². The van der Waals surface area contributed by atoms with Gasteiger partial charge in [-0.3, -0.25) is 4.79 Å². The maximum absolute atomic E-state index is 11.9. The third kappa shape index (κ3) is 3.46. The van der Waals surface area contributed by atoms with E-state index in [9.17, 15) is 9.90 Å². The third-order valence-corrected chi connectivity index (χ3v) is 3.48. The topological polar surface area (TPSA) is 66.6 Å². The van der Waals surface area contributed by atoms with Crippen molar-refractivity contribution in [1.82, 2.24) is 4.90 Å². The van der Waals surface area contributed by atoms with Gasteiger partial charge in [0.15, 0.2) is 0 Å². The average molecular weight is 228 g/mol. The number of piperidine rings is 1. The summed E-state index contributed by atoms with van der Waals surface area (Å²) in [5, 5.41) is 9.58. The second kappa shape index (κ2) is 5.64. The van der Waals surface area contributed by atoms with E-state index in [0.717, 1.165) is 0 Å². The number of carbonyl (C=O) groups is 1. The highest BCUT2D eigenvalue weighted by Crippen LogP contribution is 2.18. The normalized spacial score (nSPS) is 28.2. The third-order valence-electron chi connectivity index (χ3n) is 3.48. The Morgan fingerprint density at radius 2 is 2.19 bits per heavy atom. The fourth-order valence-corrected chi connectivity index (χ4v) is 1.93. The van der Waals surface area contributed by atoms with Crippen LogP contribution in [0, 0.1) is 11.8 Å². The number of nitrogens with zero attached hydrogens (tertiary/aromatic N) is 1. The molecule has 1 fully saturated rings. The van der Waals surface area contributed by atoms with E-state index in [2.05, 4.69) is 0 Å². The van der Waals surface area contributed by atoms with Crippen LogP contribution in [0.2, 0.25) is 0 Å². The van der Waals surface area contributed by atoms with Gasteiger partial charge in [0.1, 0.15) is 0 Å². The van der Waals surface area contributed by atoms with Crippen LogP contribution >= 0.6 is 0 Å². The lowest BCUT2D eigenvalue weighted by molar-refractivity contribution is -0.135. The van der Waals surface area contributed by atoms with Crippen LogP contribution in [0.3, 0.4) is 0 Å². The summed E-state index contributed by atoms with van der Waals surface area (Å²) in [7, 11) is 0. The van der Waals surface area contributed by atoms with Crippen molar-refractivity contribution < 1.29 is 9.90 Å². The Bertz CT molecular complexity index is 243. The molecular weight excluding hydrogens is 204 g/mol. The summed E-state index contributed by atoms with van der Waals surface area (Å²) in [6.07, 6.45) is 0.840. The SMILES string of the molecule is CC(C)C(N)CC(=O)N1CCC(O)C(C)C1. The number of carbonyl (C=O) groups excluding carboxylic acids is 1. The number of likely N-dealkylation sites (tertiary alicyclic amines) is 1. The summed E-state index contributed by atoms with van der Waals surface area (Å²) in [5.41, 5.74) is 5.89. The zero-order valence-electron chi connectivity index (χ0n) is 10.5. The van der Waals surface area contributed by atoms with Crippen molar-refractivity contribution in [3.05, 3.63) is 0 Å². The summed E-state index contributed by atoms with van der Waals surface area (Å²) >= 11 is 0. The van der Waals surface area contributed by atoms with E-state index in [0.29, 0.717) is 31.8 Å². The smallest absolute Gasteiger partial charge is 0.224 e. The van der Waals surface area contributed by atoms with Gasteiger partial charge in [-0.15, -0.1) is 0 Å². The van der Waals surface area contributed by atoms with Crippen LogP contribution in [-0.2, 0) is 4.79 Å². The Balaban J connectivity index is 2.43. The highest BCUT2D eigenvalue weighted by molar-refractivity contribution is 5.77. The summed E-state index contributed by atoms with van der Waals surface area (Å²) in [6.45, 7) is 7.35. The van der Waals surface area contributed by atoms with Crippen LogP contribution < -0.4 is 5.73 Å². The van der Waals surface area contributed by atoms with E-state index in [-0.39, 0.29) is 24.0 Å². The zero-order chi connectivity index (χ0) is 12.3. The van der Waals surface area contributed by atoms with Gasteiger partial charge < -0.3 is 15.7 Å². The van der Waals surface area contributed by atoms with Crippen LogP contribution in [0.25, 0.3) is 0 Å². The van der Waals surface area contributed by atoms with E-state index >= 15 is 0 Å². The molecule has 1 heterocycles. The van der Waals surface area contributed by atoms with Gasteiger partial charge in [-0.2, -0.15) is 0 Å². The standard InChI is InChI=1S/C12H24N2O2/c1-8(2)10(13)6-12(16)14-5-4-11(15)9(3)7-14/h8-11,15H,4-7,13H2,1-3H3. The highest BCUT2D eigenvalue weighted by atomic mass is 16.3. The van der Waals surface area contributed by atoms with E-state index in [1.807, 2.05) is 25.7 Å². The maximum atomic E-state index is 11.9. The molecule has 0 aromatic rings. The molecule has 0 radical (unpaired) electrons. The molecule has 1 amide bonds. The van der Waals surface area contributed by atoms with Crippen molar-refractivity contribution in [1.29, 1.82) is 0 Å². The lowest BCUT2D eigenvalue weighted by Crippen LogP contribution is -2.46. The molecule has 4 heteroatoms. The van der Waals surface area contributed by atoms with Crippen LogP contribution in [0.1, 0.15) is 33.6 Å². The molecule has 1 aliphatic rings. The monoisotopic (exact) mass is 228 g/mol. The molecule has 0 bridgehead atoms. The molecule has 3 N–H and O–H groups in total. The van der Waals surface area contributed by atoms with Gasteiger partial charge in [-0.05, 0) is 18.3 Å². The maximum Gasteiger partial charge on any atom is 0.224 e. The summed E-state index contributed by atoms with van der Waals surface area (Å²) in [4.78, 5) is 13.8. The highest BCUT2D eigenvalue weighted by Gasteiger charge is 2.28. The number of aliphatic hydroxyl groups excluding tert-OH is 1. The molecule has 0 aromatic heterocycles. The summed E-state index contributed by atoms with van der Waals surface area (Å²) in [5.74, 6) is 0.629. The van der Waals surface area contributed by atoms with E-state index < -0.39 is 0 Å². The molecule has 3 atom stereocenters. The Morgan fingerprint density at radius 1 is 1.56 bits per heavy atom. The van der Waals surface area contributed by atoms with Gasteiger partial charge in [0, 0.05) is 25.6 Å². The van der Waals surface area contributed by atoms with Gasteiger partial charge in [0.2, 0.25) is 5.91 Å². The molecule has 1 aliphatic heterocycles. The van der Waals surface area contributed by atoms with Gasteiger partial charge >= 0.3 is 0 Å². The summed E-state index contributed by atoms with van der Waals surface area (Å²) < 4.78 is 0. The van der Waals surface area contributed by atoms with Crippen LogP contribution in [0.15, 0.2) is 0 Å². The van der Waals surface area contributed by atoms with Crippen LogP contribution in [-0.4, -0.2) is 41.1 Å². The van der Waals surface area contributed by atoms with Crippen molar-refractivity contribution in [2.24, 2.45) is 17.6 Å². The van der Waals surface area contributed by atoms with E-state index in [1.54, 1.807) is 0 Å². The van der Waals surface area contributed by atoms with Crippen molar-refractivity contribution >= 4 is 5.91 Å². The lowest BCUT2D eigenvalue weighted by atomic mass is 9.95. The quantitative estimate of drug-likeness (QED) is 0.743. The number of aliphatic hydroxyl groups is 1. The first-order valence-electron chi connectivity index (χ1n) is 6.13. The van der Waals surface area contributed by atoms with Gasteiger partial charge in [-0.1, -0.05) is 20.8 Å². The first-order chi connectivity index (χ1) is 7.41. The van der Waals surface area contributed by atoms with Crippen LogP contribution in [0.4, 0.5) is 0 Å². The predicted molar refractivity (Wildman–Crippen MR) is 63.8 cm³/mol. The molecule has 16 heavy (non-hydrogen) atoms. The fraction of sp³-hybridized carbons (Fsp3) is 0.917. The molecule has 0 aliphatic carbocycles. The zero-order valence-corrected chi connectivity index (χ0v) is 10.5. The van der Waals surface area contributed by atoms with Gasteiger partial charge in [0.05, 0.1) is 6.10 Å². The Hall–Kier alpha value is -0.610. The Kier molecular flexibility index (Phi) is 4.74. The first-order valence-corrected chi connectivity index (χ1v) is 6.13. The second-order valence-electron chi connectivity index (χ2n) is 5.29. The van der Waals surface area contributed by atoms with E-state index in [1.165, 1.54) is 0 Å². The van der Waals surface area contributed by atoms with Crippen molar-refractivity contribution in [2.45, 2.75) is 45.8 Å². The average Bonchev–Trinajstić information content (AvgIpc) is 2.21. The molecule has 0 spiro atoms. The molecule has 1 rings (SSSR count). The number of hydrogen-bond acceptors (Lipinski definition) is 3. The van der Waals surface area contributed by atoms with Gasteiger partial charge in [0.25, 0.3) is 0 Å². The lowest BCUT2D eigenvalue weighted by Gasteiger charge is -2.35. The Labute approximate surface area is 97.8 Å². The molecule has 0 aromatic carbocycles. The Morgan fingerprint density at radius 3 is 2.69 bits per heavy atom. The molecule has 94 valence electrons. The van der Waals surface area contributed by atoms with Crippen molar-refractivity contribution in [3.63, 3.8) is 0 Å². The molecule has 3 unspecified atom stereocenters. The summed E-state index contributed by atoms with van der Waals surface area (Å²) in [6, 6.07) is -0.0605. The minimum atomic E-state index is -0.261. The first kappa shape index (κ1) is 13.5. The minimum Gasteiger partial charge on any atom is -0.393 e. The number of hydrogen-bond donors (Lipinski definition) is 2.